The van der Waals surface area contributed by atoms with Gasteiger partial charge in [-0.2, -0.15) is 22.0 Å². The van der Waals surface area contributed by atoms with E-state index in [-0.39, 0.29) is 17.0 Å². The number of carbonyl (C=O) groups excluding carboxylic acids is 4. The Labute approximate surface area is 282 Å². The third-order valence-electron chi connectivity index (χ3n) is 6.94. The zero-order valence-corrected chi connectivity index (χ0v) is 27.1. The highest BCUT2D eigenvalue weighted by Crippen LogP contribution is 2.32. The molecule has 3 aromatic rings. The van der Waals surface area contributed by atoms with Crippen molar-refractivity contribution in [3.05, 3.63) is 105 Å². The number of nitrogens with one attached hydrogen (secondary N) is 3. The van der Waals surface area contributed by atoms with E-state index in [4.69, 9.17) is 34.8 Å². The monoisotopic (exact) mass is 719 g/mol. The average molecular weight is 721 g/mol. The van der Waals surface area contributed by atoms with Crippen LogP contribution in [0.15, 0.2) is 72.8 Å². The van der Waals surface area contributed by atoms with Gasteiger partial charge in [0.1, 0.15) is 12.6 Å². The summed E-state index contributed by atoms with van der Waals surface area (Å²) < 4.78 is 67.0. The fraction of sp³-hybridized carbons (Fsp3) is 0.312. The van der Waals surface area contributed by atoms with Gasteiger partial charge in [-0.25, -0.2) is 0 Å². The second-order valence-corrected chi connectivity index (χ2v) is 12.2. The Morgan fingerprint density at radius 3 is 1.83 bits per heavy atom. The van der Waals surface area contributed by atoms with Gasteiger partial charge in [-0.1, -0.05) is 91.1 Å². The van der Waals surface area contributed by atoms with Crippen LogP contribution in [0.25, 0.3) is 0 Å². The van der Waals surface area contributed by atoms with Gasteiger partial charge in [-0.05, 0) is 52.9 Å². The molecule has 3 rings (SSSR count). The van der Waals surface area contributed by atoms with Crippen LogP contribution >= 0.6 is 34.8 Å². The molecular formula is C32H29Cl3F5N3O4. The van der Waals surface area contributed by atoms with Gasteiger partial charge in [0.15, 0.2) is 0 Å². The Hall–Kier alpha value is -3.74. The minimum atomic E-state index is -5.01. The molecule has 0 aliphatic carbocycles. The minimum Gasteiger partial charge on any atom is -0.344 e. The number of carbonyl (C=O) groups is 4. The van der Waals surface area contributed by atoms with Gasteiger partial charge in [0.2, 0.25) is 17.6 Å². The first-order valence-electron chi connectivity index (χ1n) is 14.0. The Bertz CT molecular complexity index is 1570. The normalized spacial score (nSPS) is 13.8. The van der Waals surface area contributed by atoms with E-state index < -0.39 is 66.1 Å². The molecule has 15 heteroatoms. The summed E-state index contributed by atoms with van der Waals surface area (Å²) in [5.41, 5.74) is 1.46. The number of alkyl halides is 5. The van der Waals surface area contributed by atoms with Crippen LogP contribution in [-0.4, -0.2) is 48.2 Å². The molecule has 47 heavy (non-hydrogen) atoms. The molecule has 0 spiro atoms. The number of amides is 3. The predicted octanol–water partition coefficient (Wildman–Crippen LogP) is 7.05. The predicted molar refractivity (Wildman–Crippen MR) is 167 cm³/mol. The van der Waals surface area contributed by atoms with Gasteiger partial charge in [-0.15, -0.1) is 0 Å². The summed E-state index contributed by atoms with van der Waals surface area (Å²) in [5.74, 6) is -13.0. The van der Waals surface area contributed by atoms with Crippen molar-refractivity contribution < 1.29 is 41.1 Å². The molecule has 3 amide bonds. The van der Waals surface area contributed by atoms with Crippen LogP contribution in [0.5, 0.6) is 0 Å². The highest BCUT2D eigenvalue weighted by Gasteiger charge is 2.52. The maximum absolute atomic E-state index is 14.8. The Kier molecular flexibility index (Phi) is 12.8. The molecule has 3 N–H and O–H groups in total. The fourth-order valence-electron chi connectivity index (χ4n) is 4.62. The lowest BCUT2D eigenvalue weighted by atomic mass is 9.88. The van der Waals surface area contributed by atoms with Crippen LogP contribution in [-0.2, 0) is 19.2 Å². The van der Waals surface area contributed by atoms with Gasteiger partial charge < -0.3 is 16.0 Å². The summed E-state index contributed by atoms with van der Waals surface area (Å²) >= 11 is 18.4. The van der Waals surface area contributed by atoms with Crippen molar-refractivity contribution in [2.45, 2.75) is 50.4 Å². The molecule has 0 heterocycles. The van der Waals surface area contributed by atoms with Crippen LogP contribution in [0, 0.1) is 5.92 Å². The van der Waals surface area contributed by atoms with E-state index in [9.17, 15) is 41.1 Å². The summed E-state index contributed by atoms with van der Waals surface area (Å²) in [7, 11) is 0. The zero-order valence-electron chi connectivity index (χ0n) is 24.8. The van der Waals surface area contributed by atoms with Crippen molar-refractivity contribution in [2.75, 3.05) is 6.54 Å². The molecule has 0 saturated heterocycles. The largest absolute Gasteiger partial charge is 0.405 e. The first-order valence-corrected chi connectivity index (χ1v) is 15.2. The molecule has 0 unspecified atom stereocenters. The van der Waals surface area contributed by atoms with Gasteiger partial charge >= 0.3 is 12.1 Å². The smallest absolute Gasteiger partial charge is 0.344 e. The van der Waals surface area contributed by atoms with Gasteiger partial charge in [0.25, 0.3) is 5.91 Å². The third-order valence-corrected chi connectivity index (χ3v) is 7.63. The molecule has 0 aliphatic rings. The maximum atomic E-state index is 14.8. The highest BCUT2D eigenvalue weighted by molar-refractivity contribution is 6.34. The summed E-state index contributed by atoms with van der Waals surface area (Å²) in [4.78, 5) is 51.9. The number of benzene rings is 3. The van der Waals surface area contributed by atoms with Crippen LogP contribution < -0.4 is 16.0 Å². The number of rotatable bonds is 13. The number of hydrogen-bond acceptors (Lipinski definition) is 4. The van der Waals surface area contributed by atoms with Crippen LogP contribution in [0.4, 0.5) is 22.0 Å². The van der Waals surface area contributed by atoms with Gasteiger partial charge in [-0.3, -0.25) is 19.2 Å². The van der Waals surface area contributed by atoms with Crippen molar-refractivity contribution in [1.82, 2.24) is 16.0 Å². The quantitative estimate of drug-likeness (QED) is 0.130. The van der Waals surface area contributed by atoms with E-state index in [1.54, 1.807) is 42.5 Å². The lowest BCUT2D eigenvalue weighted by Crippen LogP contribution is -2.58. The lowest BCUT2D eigenvalue weighted by Gasteiger charge is -2.28. The van der Waals surface area contributed by atoms with E-state index in [1.165, 1.54) is 44.2 Å². The van der Waals surface area contributed by atoms with E-state index in [0.717, 1.165) is 5.32 Å². The Morgan fingerprint density at radius 2 is 1.30 bits per heavy atom. The van der Waals surface area contributed by atoms with Crippen molar-refractivity contribution in [1.29, 1.82) is 0 Å². The summed E-state index contributed by atoms with van der Waals surface area (Å²) in [6.07, 6.45) is -5.24. The summed E-state index contributed by atoms with van der Waals surface area (Å²) in [6.45, 7) is 0.468. The molecule has 7 nitrogen and oxygen atoms in total. The minimum absolute atomic E-state index is 0.159. The number of ketones is 1. The van der Waals surface area contributed by atoms with E-state index >= 15 is 0 Å². The average Bonchev–Trinajstić information content (AvgIpc) is 2.99. The Morgan fingerprint density at radius 1 is 0.723 bits per heavy atom. The zero-order chi connectivity index (χ0) is 35.1. The molecule has 252 valence electrons. The fourth-order valence-corrected chi connectivity index (χ4v) is 5.29. The lowest BCUT2D eigenvalue weighted by molar-refractivity contribution is -0.165. The molecule has 0 radical (unpaired) electrons. The molecule has 3 atom stereocenters. The van der Waals surface area contributed by atoms with Crippen molar-refractivity contribution in [2.24, 2.45) is 5.92 Å². The van der Waals surface area contributed by atoms with Crippen LogP contribution in [0.1, 0.15) is 48.9 Å². The molecule has 0 bridgehead atoms. The topological polar surface area (TPSA) is 104 Å². The van der Waals surface area contributed by atoms with Crippen molar-refractivity contribution >= 4 is 58.3 Å². The van der Waals surface area contributed by atoms with Gasteiger partial charge in [0.05, 0.1) is 6.04 Å². The highest BCUT2D eigenvalue weighted by atomic mass is 35.5. The first-order chi connectivity index (χ1) is 21.9. The van der Waals surface area contributed by atoms with Crippen LogP contribution in [0.2, 0.25) is 15.1 Å². The van der Waals surface area contributed by atoms with Gasteiger partial charge in [0, 0.05) is 27.4 Å². The van der Waals surface area contributed by atoms with Crippen LogP contribution in [0.3, 0.4) is 0 Å². The first kappa shape index (κ1) is 37.7. The molecule has 0 fully saturated rings. The molecule has 0 saturated carbocycles. The maximum Gasteiger partial charge on any atom is 0.405 e. The Balaban J connectivity index is 1.91. The van der Waals surface area contributed by atoms with Crippen molar-refractivity contribution in [3.63, 3.8) is 0 Å². The standard InChI is InChI=1S/C32H29Cl3F5N3O4/c1-17(2)26(28(45)32(39,40)30(47)41-16-31(36,37)38)43-29(46)27(19-8-10-21(33)11-9-19)42-25(44)15-24(18-6-4-3-5-7-18)20-12-22(34)14-23(35)13-20/h3-14,17,24,26-27H,15-16H2,1-2H3,(H,41,47)(H,42,44)(H,43,46)/t24-,26-,27-/m0/s1. The van der Waals surface area contributed by atoms with E-state index in [2.05, 4.69) is 10.6 Å². The van der Waals surface area contributed by atoms with Crippen molar-refractivity contribution in [3.8, 4) is 0 Å². The number of Topliss-reactive ketones (excluding diaryl/α,β-unsaturated/α-hetero) is 1. The van der Waals surface area contributed by atoms with E-state index in [1.807, 2.05) is 0 Å². The molecule has 3 aromatic carbocycles. The summed E-state index contributed by atoms with van der Waals surface area (Å²) in [6, 6.07) is 15.7. The number of halogens is 8. The third kappa shape index (κ3) is 10.6. The second-order valence-electron chi connectivity index (χ2n) is 10.9. The molecule has 0 aliphatic heterocycles. The molecular weight excluding hydrogens is 692 g/mol. The second kappa shape index (κ2) is 15.9. The summed E-state index contributed by atoms with van der Waals surface area (Å²) in [5, 5.41) is 6.62. The number of hydrogen-bond donors (Lipinski definition) is 3. The molecule has 0 aromatic heterocycles. The SMILES string of the molecule is CC(C)[C@H](NC(=O)[C@@H](NC(=O)C[C@@H](c1ccccc1)c1cc(Cl)cc(Cl)c1)c1ccc(Cl)cc1)C(=O)C(F)(F)C(=O)NCC(F)(F)F. The van der Waals surface area contributed by atoms with E-state index in [0.29, 0.717) is 21.2 Å².